The Balaban J connectivity index is 1.88. The van der Waals surface area contributed by atoms with E-state index in [0.29, 0.717) is 48.7 Å². The Morgan fingerprint density at radius 2 is 1.67 bits per heavy atom. The SMILES string of the molecule is CCOCCCNc1c(N)nc(-c2ccccc2)nc1Oc1ccccc1. The predicted octanol–water partition coefficient (Wildman–Crippen LogP) is 4.36. The van der Waals surface area contributed by atoms with E-state index in [1.807, 2.05) is 67.6 Å². The lowest BCUT2D eigenvalue weighted by Crippen LogP contribution is -2.11. The second-order valence-corrected chi connectivity index (χ2v) is 5.87. The molecule has 0 aliphatic heterocycles. The van der Waals surface area contributed by atoms with Crippen molar-refractivity contribution in [3.8, 4) is 23.0 Å². The molecule has 3 aromatic rings. The number of rotatable bonds is 9. The lowest BCUT2D eigenvalue weighted by atomic mass is 10.2. The zero-order chi connectivity index (χ0) is 18.9. The fourth-order valence-electron chi connectivity index (χ4n) is 2.55. The molecule has 1 heterocycles. The molecule has 0 saturated carbocycles. The Labute approximate surface area is 159 Å². The number of nitrogens with two attached hydrogens (primary N) is 1. The highest BCUT2D eigenvalue weighted by Gasteiger charge is 2.15. The number of nitrogens with zero attached hydrogens (tertiary/aromatic N) is 2. The quantitative estimate of drug-likeness (QED) is 0.549. The number of para-hydroxylation sites is 1. The number of hydrogen-bond donors (Lipinski definition) is 2. The van der Waals surface area contributed by atoms with Crippen LogP contribution in [0.5, 0.6) is 11.6 Å². The third-order valence-corrected chi connectivity index (χ3v) is 3.86. The molecule has 6 heteroatoms. The van der Waals surface area contributed by atoms with Crippen molar-refractivity contribution in [2.24, 2.45) is 0 Å². The van der Waals surface area contributed by atoms with E-state index in [4.69, 9.17) is 15.2 Å². The predicted molar refractivity (Wildman–Crippen MR) is 108 cm³/mol. The first-order valence-corrected chi connectivity index (χ1v) is 9.05. The second kappa shape index (κ2) is 9.54. The maximum Gasteiger partial charge on any atom is 0.248 e. The van der Waals surface area contributed by atoms with E-state index in [0.717, 1.165) is 12.0 Å². The first-order valence-electron chi connectivity index (χ1n) is 9.05. The molecule has 2 aromatic carbocycles. The van der Waals surface area contributed by atoms with Gasteiger partial charge in [0.05, 0.1) is 0 Å². The van der Waals surface area contributed by atoms with Gasteiger partial charge >= 0.3 is 0 Å². The van der Waals surface area contributed by atoms with Gasteiger partial charge in [-0.25, -0.2) is 4.98 Å². The summed E-state index contributed by atoms with van der Waals surface area (Å²) in [7, 11) is 0. The first kappa shape index (κ1) is 18.7. The van der Waals surface area contributed by atoms with E-state index in [1.165, 1.54) is 0 Å². The smallest absolute Gasteiger partial charge is 0.248 e. The number of anilines is 2. The normalized spacial score (nSPS) is 10.6. The van der Waals surface area contributed by atoms with Crippen LogP contribution >= 0.6 is 0 Å². The fraction of sp³-hybridized carbons (Fsp3) is 0.238. The number of aromatic nitrogens is 2. The minimum Gasteiger partial charge on any atom is -0.437 e. The topological polar surface area (TPSA) is 82.3 Å². The molecule has 140 valence electrons. The summed E-state index contributed by atoms with van der Waals surface area (Å²) < 4.78 is 11.4. The van der Waals surface area contributed by atoms with E-state index in [1.54, 1.807) is 0 Å². The van der Waals surface area contributed by atoms with Crippen LogP contribution in [0.1, 0.15) is 13.3 Å². The molecule has 27 heavy (non-hydrogen) atoms. The number of nitrogens with one attached hydrogen (secondary N) is 1. The summed E-state index contributed by atoms with van der Waals surface area (Å²) >= 11 is 0. The highest BCUT2D eigenvalue weighted by atomic mass is 16.5. The molecule has 1 aromatic heterocycles. The molecule has 0 radical (unpaired) electrons. The summed E-state index contributed by atoms with van der Waals surface area (Å²) in [6.07, 6.45) is 0.846. The maximum atomic E-state index is 6.23. The van der Waals surface area contributed by atoms with Crippen molar-refractivity contribution < 1.29 is 9.47 Å². The minimum atomic E-state index is 0.353. The summed E-state index contributed by atoms with van der Waals surface area (Å²) in [5, 5.41) is 3.28. The second-order valence-electron chi connectivity index (χ2n) is 5.87. The molecular formula is C21H24N4O2. The van der Waals surface area contributed by atoms with Crippen molar-refractivity contribution in [3.05, 3.63) is 60.7 Å². The van der Waals surface area contributed by atoms with E-state index in [-0.39, 0.29) is 0 Å². The molecule has 0 spiro atoms. The highest BCUT2D eigenvalue weighted by molar-refractivity contribution is 5.72. The van der Waals surface area contributed by atoms with Gasteiger partial charge in [-0.15, -0.1) is 0 Å². The van der Waals surface area contributed by atoms with Crippen LogP contribution in [0.25, 0.3) is 11.4 Å². The Bertz CT molecular complexity index is 842. The molecule has 0 aliphatic carbocycles. The molecule has 0 unspecified atom stereocenters. The molecular weight excluding hydrogens is 340 g/mol. The van der Waals surface area contributed by atoms with E-state index in [9.17, 15) is 0 Å². The van der Waals surface area contributed by atoms with Crippen molar-refractivity contribution in [1.29, 1.82) is 0 Å². The van der Waals surface area contributed by atoms with E-state index >= 15 is 0 Å². The van der Waals surface area contributed by atoms with Crippen LogP contribution < -0.4 is 15.8 Å². The van der Waals surface area contributed by atoms with Crippen molar-refractivity contribution in [2.45, 2.75) is 13.3 Å². The van der Waals surface area contributed by atoms with Gasteiger partial charge in [-0.3, -0.25) is 0 Å². The van der Waals surface area contributed by atoms with Crippen LogP contribution in [0, 0.1) is 0 Å². The van der Waals surface area contributed by atoms with Crippen molar-refractivity contribution >= 4 is 11.5 Å². The molecule has 6 nitrogen and oxygen atoms in total. The number of benzene rings is 2. The third kappa shape index (κ3) is 5.18. The minimum absolute atomic E-state index is 0.353. The fourth-order valence-corrected chi connectivity index (χ4v) is 2.55. The Hall–Kier alpha value is -3.12. The summed E-state index contributed by atoms with van der Waals surface area (Å²) in [4.78, 5) is 9.06. The Morgan fingerprint density at radius 1 is 0.963 bits per heavy atom. The molecule has 0 saturated heterocycles. The molecule has 3 N–H and O–H groups in total. The van der Waals surface area contributed by atoms with Gasteiger partial charge in [0.25, 0.3) is 0 Å². The standard InChI is InChI=1S/C21H24N4O2/c1-2-26-15-9-14-23-18-19(22)24-20(16-10-5-3-6-11-16)25-21(18)27-17-12-7-4-8-13-17/h3-8,10-13,23H,2,9,14-15H2,1H3,(H2,22,24,25). The van der Waals surface area contributed by atoms with Gasteiger partial charge in [0.2, 0.25) is 5.88 Å². The number of nitrogen functional groups attached to an aromatic ring is 1. The summed E-state index contributed by atoms with van der Waals surface area (Å²) in [5.74, 6) is 1.97. The molecule has 3 rings (SSSR count). The third-order valence-electron chi connectivity index (χ3n) is 3.86. The largest absolute Gasteiger partial charge is 0.437 e. The molecule has 0 amide bonds. The van der Waals surface area contributed by atoms with Gasteiger partial charge in [-0.2, -0.15) is 4.98 Å². The van der Waals surface area contributed by atoms with E-state index in [2.05, 4.69) is 15.3 Å². The average Bonchev–Trinajstić information content (AvgIpc) is 2.71. The van der Waals surface area contributed by atoms with Crippen LogP contribution in [0.2, 0.25) is 0 Å². The number of hydrogen-bond acceptors (Lipinski definition) is 6. The van der Waals surface area contributed by atoms with Crippen LogP contribution in [-0.2, 0) is 4.74 Å². The van der Waals surface area contributed by atoms with Gasteiger partial charge in [0.15, 0.2) is 11.6 Å². The van der Waals surface area contributed by atoms with Crippen LogP contribution in [0.15, 0.2) is 60.7 Å². The molecule has 0 aliphatic rings. The molecule has 0 fully saturated rings. The Morgan fingerprint density at radius 3 is 2.37 bits per heavy atom. The van der Waals surface area contributed by atoms with Gasteiger partial charge in [-0.1, -0.05) is 48.5 Å². The summed E-state index contributed by atoms with van der Waals surface area (Å²) in [5.41, 5.74) is 7.70. The van der Waals surface area contributed by atoms with Crippen LogP contribution in [-0.4, -0.2) is 29.7 Å². The lowest BCUT2D eigenvalue weighted by Gasteiger charge is -2.15. The zero-order valence-corrected chi connectivity index (χ0v) is 15.4. The van der Waals surface area contributed by atoms with E-state index < -0.39 is 0 Å². The van der Waals surface area contributed by atoms with Crippen molar-refractivity contribution in [1.82, 2.24) is 9.97 Å². The van der Waals surface area contributed by atoms with Gasteiger partial charge in [-0.05, 0) is 25.5 Å². The first-order chi connectivity index (χ1) is 13.3. The van der Waals surface area contributed by atoms with Gasteiger partial charge < -0.3 is 20.5 Å². The van der Waals surface area contributed by atoms with Gasteiger partial charge in [0.1, 0.15) is 11.4 Å². The van der Waals surface area contributed by atoms with Crippen LogP contribution in [0.4, 0.5) is 11.5 Å². The maximum absolute atomic E-state index is 6.23. The zero-order valence-electron chi connectivity index (χ0n) is 15.4. The highest BCUT2D eigenvalue weighted by Crippen LogP contribution is 2.33. The monoisotopic (exact) mass is 364 g/mol. The van der Waals surface area contributed by atoms with Crippen molar-refractivity contribution in [2.75, 3.05) is 30.8 Å². The number of ether oxygens (including phenoxy) is 2. The lowest BCUT2D eigenvalue weighted by molar-refractivity contribution is 0.147. The average molecular weight is 364 g/mol. The van der Waals surface area contributed by atoms with Gasteiger partial charge in [0, 0.05) is 25.3 Å². The molecule has 0 atom stereocenters. The van der Waals surface area contributed by atoms with Crippen molar-refractivity contribution in [3.63, 3.8) is 0 Å². The van der Waals surface area contributed by atoms with Crippen LogP contribution in [0.3, 0.4) is 0 Å². The summed E-state index contributed by atoms with van der Waals surface area (Å²) in [6.45, 7) is 4.05. The summed E-state index contributed by atoms with van der Waals surface area (Å²) in [6, 6.07) is 19.2. The Kier molecular flexibility index (Phi) is 6.60. The molecule has 0 bridgehead atoms.